The fourth-order valence-electron chi connectivity index (χ4n) is 2.96. The maximum absolute atomic E-state index is 11.6. The van der Waals surface area contributed by atoms with Gasteiger partial charge in [0.1, 0.15) is 0 Å². The van der Waals surface area contributed by atoms with Crippen molar-refractivity contribution in [2.45, 2.75) is 26.8 Å². The molecule has 0 spiro atoms. The summed E-state index contributed by atoms with van der Waals surface area (Å²) in [6, 6.07) is 2.04. The maximum atomic E-state index is 11.6. The van der Waals surface area contributed by atoms with Crippen molar-refractivity contribution in [3.05, 3.63) is 29.3 Å². The Morgan fingerprint density at radius 1 is 1.43 bits per heavy atom. The predicted molar refractivity (Wildman–Crippen MR) is 77.9 cm³/mol. The Morgan fingerprint density at radius 2 is 2.24 bits per heavy atom. The zero-order valence-corrected chi connectivity index (χ0v) is 12.7. The molecule has 0 radical (unpaired) electrons. The number of likely N-dealkylation sites (tertiary alicyclic amines) is 1. The van der Waals surface area contributed by atoms with Crippen molar-refractivity contribution in [3.63, 3.8) is 0 Å². The zero-order chi connectivity index (χ0) is 15.0. The number of esters is 1. The molecule has 1 fully saturated rings. The number of aryl methyl sites for hydroxylation is 2. The van der Waals surface area contributed by atoms with E-state index in [1.807, 2.05) is 23.6 Å². The van der Waals surface area contributed by atoms with Crippen molar-refractivity contribution in [2.24, 2.45) is 5.92 Å². The number of ether oxygens (including phenoxy) is 1. The summed E-state index contributed by atoms with van der Waals surface area (Å²) in [6.45, 7) is 6.42. The minimum atomic E-state index is -0.111. The van der Waals surface area contributed by atoms with Gasteiger partial charge in [0.05, 0.1) is 18.7 Å². The van der Waals surface area contributed by atoms with Gasteiger partial charge >= 0.3 is 5.97 Å². The Kier molecular flexibility index (Phi) is 3.63. The van der Waals surface area contributed by atoms with Gasteiger partial charge < -0.3 is 4.74 Å². The van der Waals surface area contributed by atoms with Crippen molar-refractivity contribution >= 4 is 11.7 Å². The van der Waals surface area contributed by atoms with Gasteiger partial charge in [0, 0.05) is 30.7 Å². The first kappa shape index (κ1) is 14.0. The fraction of sp³-hybridized carbons (Fsp3) is 0.533. The molecule has 6 nitrogen and oxygen atoms in total. The average molecular weight is 288 g/mol. The van der Waals surface area contributed by atoms with Crippen LogP contribution >= 0.6 is 0 Å². The second-order valence-corrected chi connectivity index (χ2v) is 5.69. The van der Waals surface area contributed by atoms with Gasteiger partial charge in [0.15, 0.2) is 0 Å². The number of nitrogens with zero attached hydrogens (tertiary/aromatic N) is 4. The van der Waals surface area contributed by atoms with Gasteiger partial charge in [-0.2, -0.15) is 0 Å². The highest BCUT2D eigenvalue weighted by molar-refractivity contribution is 5.72. The number of carbonyl (C=O) groups excluding carboxylic acids is 1. The van der Waals surface area contributed by atoms with Gasteiger partial charge in [-0.3, -0.25) is 14.1 Å². The summed E-state index contributed by atoms with van der Waals surface area (Å²) in [7, 11) is 1.45. The van der Waals surface area contributed by atoms with Gasteiger partial charge in [0.2, 0.25) is 5.78 Å². The van der Waals surface area contributed by atoms with Crippen LogP contribution in [0.3, 0.4) is 0 Å². The van der Waals surface area contributed by atoms with Crippen LogP contribution in [-0.4, -0.2) is 45.4 Å². The third-order valence-corrected chi connectivity index (χ3v) is 4.00. The fourth-order valence-corrected chi connectivity index (χ4v) is 2.96. The highest BCUT2D eigenvalue weighted by Gasteiger charge is 2.29. The number of fused-ring (bicyclic) bond motifs is 1. The monoisotopic (exact) mass is 288 g/mol. The molecule has 3 heterocycles. The van der Waals surface area contributed by atoms with Crippen LogP contribution < -0.4 is 0 Å². The van der Waals surface area contributed by atoms with Crippen LogP contribution in [0.2, 0.25) is 0 Å². The van der Waals surface area contributed by atoms with Gasteiger partial charge in [0.25, 0.3) is 0 Å². The van der Waals surface area contributed by atoms with E-state index in [4.69, 9.17) is 4.74 Å². The van der Waals surface area contributed by atoms with Gasteiger partial charge in [-0.1, -0.05) is 0 Å². The highest BCUT2D eigenvalue weighted by Crippen LogP contribution is 2.20. The van der Waals surface area contributed by atoms with Crippen LogP contribution in [-0.2, 0) is 16.1 Å². The summed E-state index contributed by atoms with van der Waals surface area (Å²) in [6.07, 6.45) is 2.89. The van der Waals surface area contributed by atoms with Crippen LogP contribution in [0.4, 0.5) is 0 Å². The van der Waals surface area contributed by atoms with E-state index >= 15 is 0 Å². The molecular formula is C15H20N4O2. The lowest BCUT2D eigenvalue weighted by Crippen LogP contribution is -2.23. The number of aromatic nitrogens is 3. The number of hydrogen-bond acceptors (Lipinski definition) is 5. The number of rotatable bonds is 3. The molecule has 0 aliphatic carbocycles. The molecule has 1 atom stereocenters. The van der Waals surface area contributed by atoms with E-state index in [1.54, 1.807) is 0 Å². The van der Waals surface area contributed by atoms with Crippen molar-refractivity contribution in [1.29, 1.82) is 0 Å². The van der Waals surface area contributed by atoms with E-state index in [1.165, 1.54) is 7.11 Å². The van der Waals surface area contributed by atoms with E-state index in [0.29, 0.717) is 0 Å². The molecule has 21 heavy (non-hydrogen) atoms. The highest BCUT2D eigenvalue weighted by atomic mass is 16.5. The SMILES string of the molecule is COC(=O)C1CCN(Cc2cn3c(C)cc(C)nc3n2)C1. The lowest BCUT2D eigenvalue weighted by atomic mass is 10.1. The van der Waals surface area contributed by atoms with Crippen LogP contribution in [0.15, 0.2) is 12.3 Å². The molecule has 2 aromatic heterocycles. The Labute approximate surface area is 123 Å². The standard InChI is InChI=1S/C15H20N4O2/c1-10-6-11(2)19-9-13(17-15(19)16-10)8-18-5-4-12(7-18)14(20)21-3/h6,9,12H,4-5,7-8H2,1-3H3. The Hall–Kier alpha value is -1.95. The predicted octanol–water partition coefficient (Wildman–Crippen LogP) is 1.34. The molecule has 112 valence electrons. The van der Waals surface area contributed by atoms with Crippen LogP contribution in [0.1, 0.15) is 23.5 Å². The molecule has 3 rings (SSSR count). The van der Waals surface area contributed by atoms with Crippen molar-refractivity contribution < 1.29 is 9.53 Å². The van der Waals surface area contributed by atoms with Crippen molar-refractivity contribution in [2.75, 3.05) is 20.2 Å². The van der Waals surface area contributed by atoms with E-state index in [9.17, 15) is 4.79 Å². The molecule has 1 unspecified atom stereocenters. The summed E-state index contributed by atoms with van der Waals surface area (Å²) >= 11 is 0. The largest absolute Gasteiger partial charge is 0.469 e. The van der Waals surface area contributed by atoms with Crippen LogP contribution in [0.25, 0.3) is 5.78 Å². The third-order valence-electron chi connectivity index (χ3n) is 4.00. The zero-order valence-electron chi connectivity index (χ0n) is 12.7. The first-order valence-electron chi connectivity index (χ1n) is 7.19. The number of carbonyl (C=O) groups is 1. The quantitative estimate of drug-likeness (QED) is 0.798. The third kappa shape index (κ3) is 2.76. The molecule has 0 amide bonds. The second-order valence-electron chi connectivity index (χ2n) is 5.69. The lowest BCUT2D eigenvalue weighted by molar-refractivity contribution is -0.144. The minimum Gasteiger partial charge on any atom is -0.469 e. The molecular weight excluding hydrogens is 268 g/mol. The number of imidazole rings is 1. The first-order chi connectivity index (χ1) is 10.1. The maximum Gasteiger partial charge on any atom is 0.310 e. The summed E-state index contributed by atoms with van der Waals surface area (Å²) in [5.41, 5.74) is 3.09. The molecule has 2 aromatic rings. The topological polar surface area (TPSA) is 59.7 Å². The smallest absolute Gasteiger partial charge is 0.310 e. The average Bonchev–Trinajstić information content (AvgIpc) is 3.05. The Bertz CT molecular complexity index is 680. The molecule has 1 aliphatic heterocycles. The van der Waals surface area contributed by atoms with Crippen LogP contribution in [0, 0.1) is 19.8 Å². The summed E-state index contributed by atoms with van der Waals surface area (Å²) in [5.74, 6) is 0.626. The van der Waals surface area contributed by atoms with Crippen LogP contribution in [0.5, 0.6) is 0 Å². The van der Waals surface area contributed by atoms with Gasteiger partial charge in [-0.05, 0) is 32.9 Å². The van der Waals surface area contributed by atoms with Gasteiger partial charge in [-0.25, -0.2) is 9.97 Å². The molecule has 0 N–H and O–H groups in total. The summed E-state index contributed by atoms with van der Waals surface area (Å²) < 4.78 is 6.82. The summed E-state index contributed by atoms with van der Waals surface area (Å²) in [5, 5.41) is 0. The van der Waals surface area contributed by atoms with Crippen molar-refractivity contribution in [1.82, 2.24) is 19.3 Å². The second kappa shape index (κ2) is 5.44. The minimum absolute atomic E-state index is 0.00543. The molecule has 0 bridgehead atoms. The number of hydrogen-bond donors (Lipinski definition) is 0. The first-order valence-corrected chi connectivity index (χ1v) is 7.19. The van der Waals surface area contributed by atoms with E-state index in [0.717, 1.165) is 48.9 Å². The van der Waals surface area contributed by atoms with Gasteiger partial charge in [-0.15, -0.1) is 0 Å². The lowest BCUT2D eigenvalue weighted by Gasteiger charge is -2.13. The number of methoxy groups -OCH3 is 1. The van der Waals surface area contributed by atoms with E-state index in [-0.39, 0.29) is 11.9 Å². The van der Waals surface area contributed by atoms with E-state index < -0.39 is 0 Å². The Balaban J connectivity index is 1.74. The van der Waals surface area contributed by atoms with Crippen molar-refractivity contribution in [3.8, 4) is 0 Å². The summed E-state index contributed by atoms with van der Waals surface area (Å²) in [4.78, 5) is 22.8. The normalized spacial score (nSPS) is 19.3. The molecule has 0 saturated carbocycles. The Morgan fingerprint density at radius 3 is 3.00 bits per heavy atom. The molecule has 1 saturated heterocycles. The molecule has 6 heteroatoms. The van der Waals surface area contributed by atoms with E-state index in [2.05, 4.69) is 21.8 Å². The molecule has 0 aromatic carbocycles. The molecule has 1 aliphatic rings.